The molecule has 1 nitrogen and oxygen atoms in total. The molecule has 0 bridgehead atoms. The Morgan fingerprint density at radius 1 is 1.27 bits per heavy atom. The molecule has 60 valence electrons. The van der Waals surface area contributed by atoms with Crippen molar-refractivity contribution in [1.82, 2.24) is 0 Å². The summed E-state index contributed by atoms with van der Waals surface area (Å²) in [7, 11) is 17.2. The number of hydrogen-bond donors (Lipinski definition) is 0. The van der Waals surface area contributed by atoms with Crippen molar-refractivity contribution in [1.29, 1.82) is 0 Å². The Bertz CT molecular complexity index is 228. The van der Waals surface area contributed by atoms with Crippen LogP contribution in [0.1, 0.15) is 0 Å². The average molecular weight is 312 g/mol. The topological polar surface area (TPSA) is 9.23 Å². The number of rotatable bonds is 2. The van der Waals surface area contributed by atoms with Crippen LogP contribution < -0.4 is 0 Å². The Balaban J connectivity index is 3.71. The van der Waals surface area contributed by atoms with Gasteiger partial charge in [0.1, 0.15) is 0 Å². The van der Waals surface area contributed by atoms with Crippen LogP contribution in [0.2, 0.25) is 0 Å². The molecule has 0 radical (unpaired) electrons. The van der Waals surface area contributed by atoms with Gasteiger partial charge >= 0.3 is 81.2 Å². The molecule has 0 spiro atoms. The van der Waals surface area contributed by atoms with Gasteiger partial charge in [-0.15, -0.1) is 0 Å². The summed E-state index contributed by atoms with van der Waals surface area (Å²) in [5.74, 6) is 0. The van der Waals surface area contributed by atoms with E-state index >= 15 is 0 Å². The third-order valence-corrected chi connectivity index (χ3v) is 22.8. The predicted molar refractivity (Wildman–Crippen MR) is 72.1 cm³/mol. The molecule has 0 aromatic carbocycles. The molecule has 0 N–H and O–H groups in total. The van der Waals surface area contributed by atoms with Crippen LogP contribution in [0.3, 0.4) is 0 Å². The quantitative estimate of drug-likeness (QED) is 0.486. The summed E-state index contributed by atoms with van der Waals surface area (Å²) in [5, 5.41) is 0. The van der Waals surface area contributed by atoms with Crippen molar-refractivity contribution in [2.24, 2.45) is 0 Å². The molecular formula is CH5OP9. The van der Waals surface area contributed by atoms with Crippen LogP contribution in [0, 0.1) is 0 Å². The van der Waals surface area contributed by atoms with Crippen molar-refractivity contribution in [2.45, 2.75) is 0 Å². The standard InChI is InChI=1S/CH5OP9/c1-2-11(4)10-9-8-7-6-5-3/h3H2,1H3. The molecule has 0 aromatic heterocycles. The molecule has 0 saturated carbocycles. The van der Waals surface area contributed by atoms with Crippen molar-refractivity contribution in [3.63, 3.8) is 0 Å². The van der Waals surface area contributed by atoms with E-state index in [1.807, 2.05) is 0 Å². The van der Waals surface area contributed by atoms with Gasteiger partial charge in [-0.1, -0.05) is 0 Å². The average Bonchev–Trinajstić information content (AvgIpc) is 2.04. The normalized spacial score (nSPS) is 13.7. The van der Waals surface area contributed by atoms with Crippen LogP contribution >= 0.6 is 69.5 Å². The molecule has 10 heteroatoms. The molecule has 0 aromatic rings. The molecule has 0 aliphatic carbocycles. The van der Waals surface area contributed by atoms with Gasteiger partial charge in [0.2, 0.25) is 0 Å². The maximum absolute atomic E-state index is 5.05. The molecule has 0 rings (SSSR count). The van der Waals surface area contributed by atoms with E-state index in [1.54, 1.807) is 7.11 Å². The fourth-order valence-corrected chi connectivity index (χ4v) is 25.3. The minimum absolute atomic E-state index is 0.467. The van der Waals surface area contributed by atoms with Gasteiger partial charge in [0.15, 0.2) is 0 Å². The molecular weight excluding hydrogens is 307 g/mol. The van der Waals surface area contributed by atoms with Gasteiger partial charge in [0.05, 0.1) is 0 Å². The zero-order chi connectivity index (χ0) is 8.53. The van der Waals surface area contributed by atoms with Crippen LogP contribution in [0.4, 0.5) is 0 Å². The third kappa shape index (κ3) is 10.8. The fourth-order valence-electron chi connectivity index (χ4n) is 0.147. The van der Waals surface area contributed by atoms with E-state index in [9.17, 15) is 0 Å². The summed E-state index contributed by atoms with van der Waals surface area (Å²) in [4.78, 5) is 0. The molecule has 0 heterocycles. The van der Waals surface area contributed by atoms with Crippen molar-refractivity contribution >= 4 is 69.5 Å². The Morgan fingerprint density at radius 2 is 1.91 bits per heavy atom. The Kier molecular flexibility index (Phi) is 13.9. The Hall–Kier alpha value is 2.92. The van der Waals surface area contributed by atoms with Gasteiger partial charge in [-0.05, 0) is 0 Å². The van der Waals surface area contributed by atoms with Crippen LogP contribution in [-0.2, 0) is 4.52 Å². The summed E-state index contributed by atoms with van der Waals surface area (Å²) in [6, 6.07) is 0. The first-order valence-electron chi connectivity index (χ1n) is 2.25. The van der Waals surface area contributed by atoms with E-state index in [4.69, 9.17) is 4.52 Å². The predicted octanol–water partition coefficient (Wildman–Crippen LogP) is 7.31. The Labute approximate surface area is 81.2 Å². The SMILES string of the molecule is COP(#P)P=PP=PP=PP. The van der Waals surface area contributed by atoms with Crippen molar-refractivity contribution < 1.29 is 4.52 Å². The van der Waals surface area contributed by atoms with Gasteiger partial charge in [-0.2, -0.15) is 0 Å². The molecule has 0 aliphatic rings. The first kappa shape index (κ1) is 13.9. The van der Waals surface area contributed by atoms with Crippen LogP contribution in [0.25, 0.3) is 0 Å². The minimum atomic E-state index is -0.467. The maximum atomic E-state index is 5.05. The molecule has 0 amide bonds. The van der Waals surface area contributed by atoms with E-state index in [0.717, 1.165) is 0 Å². The molecule has 2 atom stereocenters. The first-order chi connectivity index (χ1) is 5.31. The molecule has 0 saturated heterocycles. The summed E-state index contributed by atoms with van der Waals surface area (Å²) < 4.78 is 5.05. The summed E-state index contributed by atoms with van der Waals surface area (Å²) in [6.07, 6.45) is 0. The molecule has 2 unspecified atom stereocenters. The Morgan fingerprint density at radius 3 is 2.45 bits per heavy atom. The first-order valence-corrected chi connectivity index (χ1v) is 15.9. The van der Waals surface area contributed by atoms with Gasteiger partial charge in [-0.3, -0.25) is 0 Å². The molecule has 11 heavy (non-hydrogen) atoms. The monoisotopic (exact) mass is 312 g/mol. The van der Waals surface area contributed by atoms with Gasteiger partial charge in [0, 0.05) is 0 Å². The summed E-state index contributed by atoms with van der Waals surface area (Å²) in [5.41, 5.74) is 0. The second-order valence-corrected chi connectivity index (χ2v) is 19.6. The van der Waals surface area contributed by atoms with Crippen molar-refractivity contribution in [3.05, 3.63) is 0 Å². The molecule has 0 aliphatic heterocycles. The van der Waals surface area contributed by atoms with Crippen molar-refractivity contribution in [2.75, 3.05) is 7.11 Å². The summed E-state index contributed by atoms with van der Waals surface area (Å²) >= 11 is 0. The van der Waals surface area contributed by atoms with E-state index in [1.165, 1.54) is 45.3 Å². The van der Waals surface area contributed by atoms with Gasteiger partial charge in [-0.25, -0.2) is 0 Å². The van der Waals surface area contributed by atoms with E-state index in [-0.39, 0.29) is 0 Å². The van der Waals surface area contributed by atoms with E-state index < -0.39 is 6.94 Å². The van der Waals surface area contributed by atoms with Crippen LogP contribution in [0.5, 0.6) is 0 Å². The molecule has 0 fully saturated rings. The third-order valence-electron chi connectivity index (χ3n) is 0.451. The zero-order valence-corrected chi connectivity index (χ0v) is 13.9. The van der Waals surface area contributed by atoms with Crippen LogP contribution in [-0.4, -0.2) is 7.11 Å². The zero-order valence-electron chi connectivity index (χ0n) is 5.56. The van der Waals surface area contributed by atoms with E-state index in [0.29, 0.717) is 0 Å². The van der Waals surface area contributed by atoms with Gasteiger partial charge < -0.3 is 0 Å². The fraction of sp³-hybridized carbons (Fsp3) is 1.00. The van der Waals surface area contributed by atoms with E-state index in [2.05, 4.69) is 17.3 Å². The summed E-state index contributed by atoms with van der Waals surface area (Å²) in [6.45, 7) is -0.467. The second-order valence-electron chi connectivity index (χ2n) is 0.998. The van der Waals surface area contributed by atoms with Crippen molar-refractivity contribution in [3.8, 4) is 0 Å². The second kappa shape index (κ2) is 11.0. The number of hydrogen-bond acceptors (Lipinski definition) is 1. The van der Waals surface area contributed by atoms with Gasteiger partial charge in [0.25, 0.3) is 0 Å². The van der Waals surface area contributed by atoms with Crippen LogP contribution in [0.15, 0.2) is 0 Å².